The van der Waals surface area contributed by atoms with Crippen LogP contribution in [0.25, 0.3) is 0 Å². The zero-order valence-corrected chi connectivity index (χ0v) is 16.4. The second-order valence-electron chi connectivity index (χ2n) is 5.59. The molecule has 2 aromatic rings. The highest BCUT2D eigenvalue weighted by atomic mass is 35.5. The van der Waals surface area contributed by atoms with E-state index >= 15 is 0 Å². The molecule has 26 heavy (non-hydrogen) atoms. The first-order valence-corrected chi connectivity index (χ1v) is 8.62. The zero-order valence-electron chi connectivity index (χ0n) is 14.1. The van der Waals surface area contributed by atoms with Crippen molar-refractivity contribution in [3.63, 3.8) is 0 Å². The Balaban J connectivity index is 2.31. The standard InChI is InChI=1S/C16H16Cl3F2N3O2/c1-8(6-9-11(17)4-5-12(18)13(9)19)24(26-3)16(25)10-7-23(2)22-14(10)15(20)21/h4-5,7-8,15H,6H2,1-3H3/t8-/m1/s1. The molecule has 0 N–H and O–H groups in total. The minimum atomic E-state index is -2.89. The van der Waals surface area contributed by atoms with Crippen molar-refractivity contribution in [3.05, 3.63) is 50.2 Å². The molecular formula is C16H16Cl3F2N3O2. The van der Waals surface area contributed by atoms with Crippen LogP contribution in [0.4, 0.5) is 8.78 Å². The van der Waals surface area contributed by atoms with E-state index in [1.54, 1.807) is 19.1 Å². The Morgan fingerprint density at radius 2 is 1.92 bits per heavy atom. The van der Waals surface area contributed by atoms with E-state index in [1.165, 1.54) is 20.4 Å². The molecule has 1 aromatic heterocycles. The summed E-state index contributed by atoms with van der Waals surface area (Å²) in [4.78, 5) is 17.8. The third kappa shape index (κ3) is 4.28. The summed E-state index contributed by atoms with van der Waals surface area (Å²) in [5.41, 5.74) is -0.312. The van der Waals surface area contributed by atoms with E-state index in [4.69, 9.17) is 39.6 Å². The van der Waals surface area contributed by atoms with Crippen LogP contribution >= 0.6 is 34.8 Å². The Morgan fingerprint density at radius 1 is 1.31 bits per heavy atom. The number of aryl methyl sites for hydroxylation is 1. The van der Waals surface area contributed by atoms with Gasteiger partial charge in [0.15, 0.2) is 0 Å². The summed E-state index contributed by atoms with van der Waals surface area (Å²) in [5.74, 6) is -0.738. The molecule has 0 aliphatic rings. The van der Waals surface area contributed by atoms with E-state index in [0.717, 1.165) is 9.75 Å². The van der Waals surface area contributed by atoms with Crippen LogP contribution in [-0.4, -0.2) is 33.9 Å². The summed E-state index contributed by atoms with van der Waals surface area (Å²) in [7, 11) is 2.72. The fourth-order valence-corrected chi connectivity index (χ4v) is 3.25. The summed E-state index contributed by atoms with van der Waals surface area (Å²) in [6.45, 7) is 1.67. The third-order valence-electron chi connectivity index (χ3n) is 3.73. The quantitative estimate of drug-likeness (QED) is 0.485. The van der Waals surface area contributed by atoms with Crippen LogP contribution in [0.3, 0.4) is 0 Å². The highest BCUT2D eigenvalue weighted by molar-refractivity contribution is 6.44. The maximum atomic E-state index is 13.1. The van der Waals surface area contributed by atoms with Crippen LogP contribution in [0.2, 0.25) is 15.1 Å². The lowest BCUT2D eigenvalue weighted by Gasteiger charge is -2.27. The molecular weight excluding hydrogens is 411 g/mol. The summed E-state index contributed by atoms with van der Waals surface area (Å²) in [6, 6.07) is 2.59. The summed E-state index contributed by atoms with van der Waals surface area (Å²) < 4.78 is 27.4. The Morgan fingerprint density at radius 3 is 2.50 bits per heavy atom. The first kappa shape index (κ1) is 20.9. The SMILES string of the molecule is CON(C(=O)c1cn(C)nc1C(F)F)[C@H](C)Cc1c(Cl)ccc(Cl)c1Cl. The van der Waals surface area contributed by atoms with Gasteiger partial charge in [0.05, 0.1) is 28.8 Å². The van der Waals surface area contributed by atoms with Gasteiger partial charge < -0.3 is 0 Å². The van der Waals surface area contributed by atoms with Gasteiger partial charge in [-0.25, -0.2) is 13.8 Å². The molecule has 10 heteroatoms. The number of aromatic nitrogens is 2. The smallest absolute Gasteiger partial charge is 0.275 e. The van der Waals surface area contributed by atoms with Gasteiger partial charge in [-0.1, -0.05) is 34.8 Å². The zero-order chi connectivity index (χ0) is 19.6. The number of carbonyl (C=O) groups is 1. The van der Waals surface area contributed by atoms with Crippen LogP contribution in [0.1, 0.15) is 35.0 Å². The van der Waals surface area contributed by atoms with Crippen molar-refractivity contribution in [2.75, 3.05) is 7.11 Å². The van der Waals surface area contributed by atoms with Gasteiger partial charge in [0.2, 0.25) is 0 Å². The Hall–Kier alpha value is -1.41. The Bertz CT molecular complexity index is 814. The fraction of sp³-hybridized carbons (Fsp3) is 0.375. The number of benzene rings is 1. The number of rotatable bonds is 6. The second kappa shape index (κ2) is 8.52. The van der Waals surface area contributed by atoms with Crippen LogP contribution in [-0.2, 0) is 18.3 Å². The molecule has 0 saturated heterocycles. The van der Waals surface area contributed by atoms with E-state index < -0.39 is 24.1 Å². The first-order chi connectivity index (χ1) is 12.2. The highest BCUT2D eigenvalue weighted by Crippen LogP contribution is 2.33. The van der Waals surface area contributed by atoms with Crippen molar-refractivity contribution in [2.24, 2.45) is 7.05 Å². The van der Waals surface area contributed by atoms with Crippen molar-refractivity contribution < 1.29 is 18.4 Å². The second-order valence-corrected chi connectivity index (χ2v) is 6.78. The molecule has 0 fully saturated rings. The third-order valence-corrected chi connectivity index (χ3v) is 4.93. The molecule has 2 rings (SSSR count). The largest absolute Gasteiger partial charge is 0.282 e. The number of carbonyl (C=O) groups excluding carboxylic acids is 1. The number of halogens is 5. The lowest BCUT2D eigenvalue weighted by atomic mass is 10.1. The molecule has 0 bridgehead atoms. The topological polar surface area (TPSA) is 47.4 Å². The van der Waals surface area contributed by atoms with Gasteiger partial charge in [-0.2, -0.15) is 5.10 Å². The molecule has 0 saturated carbocycles. The van der Waals surface area contributed by atoms with Gasteiger partial charge in [-0.3, -0.25) is 14.3 Å². The predicted octanol–water partition coefficient (Wildman–Crippen LogP) is 4.95. The van der Waals surface area contributed by atoms with Gasteiger partial charge >= 0.3 is 0 Å². The van der Waals surface area contributed by atoms with Gasteiger partial charge in [0.1, 0.15) is 5.69 Å². The Labute approximate surface area is 164 Å². The van der Waals surface area contributed by atoms with Gasteiger partial charge in [-0.15, -0.1) is 0 Å². The molecule has 0 unspecified atom stereocenters. The van der Waals surface area contributed by atoms with E-state index in [9.17, 15) is 13.6 Å². The lowest BCUT2D eigenvalue weighted by Crippen LogP contribution is -2.39. The number of hydrogen-bond donors (Lipinski definition) is 0. The van der Waals surface area contributed by atoms with Gasteiger partial charge in [-0.05, 0) is 31.0 Å². The first-order valence-electron chi connectivity index (χ1n) is 7.49. The molecule has 0 aliphatic carbocycles. The Kier molecular flexibility index (Phi) is 6.85. The molecule has 5 nitrogen and oxygen atoms in total. The predicted molar refractivity (Wildman–Crippen MR) is 96.0 cm³/mol. The normalized spacial score (nSPS) is 12.5. The van der Waals surface area contributed by atoms with E-state index in [2.05, 4.69) is 5.10 Å². The summed E-state index contributed by atoms with van der Waals surface area (Å²) >= 11 is 18.3. The van der Waals surface area contributed by atoms with E-state index in [1.807, 2.05) is 0 Å². The average molecular weight is 427 g/mol. The van der Waals surface area contributed by atoms with E-state index in [0.29, 0.717) is 15.6 Å². The molecule has 1 atom stereocenters. The van der Waals surface area contributed by atoms with Crippen LogP contribution in [0.5, 0.6) is 0 Å². The van der Waals surface area contributed by atoms with Crippen LogP contribution < -0.4 is 0 Å². The van der Waals surface area contributed by atoms with Crippen molar-refractivity contribution in [2.45, 2.75) is 25.8 Å². The van der Waals surface area contributed by atoms with Crippen LogP contribution in [0.15, 0.2) is 18.3 Å². The summed E-state index contributed by atoms with van der Waals surface area (Å²) in [5, 5.41) is 5.58. The minimum Gasteiger partial charge on any atom is -0.275 e. The van der Waals surface area contributed by atoms with Crippen molar-refractivity contribution in [3.8, 4) is 0 Å². The maximum Gasteiger partial charge on any atom is 0.282 e. The molecule has 1 aromatic carbocycles. The molecule has 0 spiro atoms. The molecule has 1 heterocycles. The van der Waals surface area contributed by atoms with E-state index in [-0.39, 0.29) is 17.0 Å². The number of nitrogens with zero attached hydrogens (tertiary/aromatic N) is 3. The van der Waals surface area contributed by atoms with Crippen molar-refractivity contribution in [1.82, 2.24) is 14.8 Å². The number of alkyl halides is 2. The van der Waals surface area contributed by atoms with Gasteiger partial charge in [0, 0.05) is 18.3 Å². The van der Waals surface area contributed by atoms with Crippen molar-refractivity contribution >= 4 is 40.7 Å². The molecule has 0 aliphatic heterocycles. The number of hydrogen-bond acceptors (Lipinski definition) is 3. The monoisotopic (exact) mass is 425 g/mol. The van der Waals surface area contributed by atoms with Gasteiger partial charge in [0.25, 0.3) is 12.3 Å². The molecule has 142 valence electrons. The summed E-state index contributed by atoms with van der Waals surface area (Å²) in [6.07, 6.45) is -1.45. The minimum absolute atomic E-state index is 0.210. The fourth-order valence-electron chi connectivity index (χ4n) is 2.55. The average Bonchev–Trinajstić information content (AvgIpc) is 2.98. The molecule has 1 amide bonds. The van der Waals surface area contributed by atoms with Crippen LogP contribution in [0, 0.1) is 0 Å². The molecule has 0 radical (unpaired) electrons. The number of hydroxylamine groups is 2. The lowest BCUT2D eigenvalue weighted by molar-refractivity contribution is -0.119. The number of amides is 1. The highest BCUT2D eigenvalue weighted by Gasteiger charge is 2.30. The van der Waals surface area contributed by atoms with Crippen molar-refractivity contribution in [1.29, 1.82) is 0 Å². The maximum absolute atomic E-state index is 13.1.